The molecule has 1 aliphatic heterocycles. The highest BCUT2D eigenvalue weighted by atomic mass is 15.2. The quantitative estimate of drug-likeness (QED) is 0.170. The number of benzene rings is 7. The van der Waals surface area contributed by atoms with Crippen molar-refractivity contribution in [1.82, 2.24) is 4.98 Å². The molecule has 0 saturated carbocycles. The van der Waals surface area contributed by atoms with E-state index in [1.807, 2.05) is 18.3 Å². The molecule has 8 aromatic rings. The Morgan fingerprint density at radius 2 is 0.982 bits per heavy atom. The lowest BCUT2D eigenvalue weighted by molar-refractivity contribution is 0.632. The molecule has 270 valence electrons. The Labute approximate surface area is 330 Å². The van der Waals surface area contributed by atoms with Crippen molar-refractivity contribution in [2.75, 3.05) is 9.80 Å². The average molecular weight is 722 g/mol. The zero-order chi connectivity index (χ0) is 38.0. The van der Waals surface area contributed by atoms with Gasteiger partial charge in [-0.25, -0.2) is 0 Å². The highest BCUT2D eigenvalue weighted by Gasteiger charge is 2.38. The van der Waals surface area contributed by atoms with Gasteiger partial charge in [-0.15, -0.1) is 0 Å². The number of pyridine rings is 1. The van der Waals surface area contributed by atoms with Gasteiger partial charge in [0, 0.05) is 45.3 Å². The molecule has 0 atom stereocenters. The standard InChI is InChI=1S/C53H43N3/c1-52(2)45-17-9-8-16-43(45)44-31-30-42(35-47(44)52)55(41-28-23-37(24-29-41)49-19-12-13-33-54-49)40-26-21-36(22-27-40)38-25-32-51-48(34-38)53(3,4)46-18-10-11-20-50(46)56(51)39-14-6-5-7-15-39/h5-35H,1-4H3. The van der Waals surface area contributed by atoms with Gasteiger partial charge in [-0.05, 0) is 123 Å². The topological polar surface area (TPSA) is 19.4 Å². The van der Waals surface area contributed by atoms with Crippen molar-refractivity contribution in [3.63, 3.8) is 0 Å². The summed E-state index contributed by atoms with van der Waals surface area (Å²) >= 11 is 0. The zero-order valence-electron chi connectivity index (χ0n) is 32.2. The van der Waals surface area contributed by atoms with Crippen LogP contribution in [0.1, 0.15) is 49.9 Å². The van der Waals surface area contributed by atoms with Gasteiger partial charge in [0.15, 0.2) is 0 Å². The minimum Gasteiger partial charge on any atom is -0.310 e. The van der Waals surface area contributed by atoms with Crippen LogP contribution in [0.2, 0.25) is 0 Å². The van der Waals surface area contributed by atoms with E-state index < -0.39 is 0 Å². The van der Waals surface area contributed by atoms with Gasteiger partial charge >= 0.3 is 0 Å². The Morgan fingerprint density at radius 3 is 1.71 bits per heavy atom. The number of hydrogen-bond acceptors (Lipinski definition) is 3. The minimum atomic E-state index is -0.174. The zero-order valence-corrected chi connectivity index (χ0v) is 32.2. The van der Waals surface area contributed by atoms with Gasteiger partial charge in [-0.1, -0.05) is 131 Å². The summed E-state index contributed by atoms with van der Waals surface area (Å²) in [5.74, 6) is 0. The monoisotopic (exact) mass is 721 g/mol. The number of para-hydroxylation sites is 2. The number of hydrogen-bond donors (Lipinski definition) is 0. The van der Waals surface area contributed by atoms with Crippen LogP contribution in [0.5, 0.6) is 0 Å². The van der Waals surface area contributed by atoms with Crippen LogP contribution in [0.4, 0.5) is 34.1 Å². The largest absolute Gasteiger partial charge is 0.310 e. The molecule has 1 aromatic heterocycles. The molecule has 0 unspecified atom stereocenters. The van der Waals surface area contributed by atoms with Crippen molar-refractivity contribution in [3.05, 3.63) is 210 Å². The Bertz CT molecular complexity index is 2730. The van der Waals surface area contributed by atoms with Crippen LogP contribution in [0.15, 0.2) is 188 Å². The molecule has 2 aliphatic rings. The fourth-order valence-corrected chi connectivity index (χ4v) is 9.13. The Kier molecular flexibility index (Phi) is 7.83. The van der Waals surface area contributed by atoms with E-state index >= 15 is 0 Å². The maximum Gasteiger partial charge on any atom is 0.0701 e. The Morgan fingerprint density at radius 1 is 0.411 bits per heavy atom. The molecular formula is C53H43N3. The normalized spacial score (nSPS) is 14.3. The molecule has 3 nitrogen and oxygen atoms in total. The molecule has 0 radical (unpaired) electrons. The third-order valence-electron chi connectivity index (χ3n) is 12.1. The van der Waals surface area contributed by atoms with Crippen molar-refractivity contribution in [3.8, 4) is 33.5 Å². The highest BCUT2D eigenvalue weighted by Crippen LogP contribution is 2.53. The van der Waals surface area contributed by atoms with Gasteiger partial charge < -0.3 is 9.80 Å². The number of rotatable bonds is 6. The van der Waals surface area contributed by atoms with Crippen molar-refractivity contribution in [2.45, 2.75) is 38.5 Å². The summed E-state index contributed by atoms with van der Waals surface area (Å²) in [4.78, 5) is 9.40. The summed E-state index contributed by atoms with van der Waals surface area (Å²) in [5.41, 5.74) is 19.2. The second-order valence-corrected chi connectivity index (χ2v) is 16.1. The number of fused-ring (bicyclic) bond motifs is 5. The van der Waals surface area contributed by atoms with E-state index in [9.17, 15) is 0 Å². The first-order valence-electron chi connectivity index (χ1n) is 19.5. The van der Waals surface area contributed by atoms with E-state index in [1.54, 1.807) is 0 Å². The van der Waals surface area contributed by atoms with Crippen molar-refractivity contribution >= 4 is 34.1 Å². The highest BCUT2D eigenvalue weighted by molar-refractivity contribution is 5.89. The molecular weight excluding hydrogens is 679 g/mol. The maximum atomic E-state index is 4.60. The van der Waals surface area contributed by atoms with Gasteiger partial charge in [-0.3, -0.25) is 4.98 Å². The molecule has 0 spiro atoms. The van der Waals surface area contributed by atoms with Crippen molar-refractivity contribution < 1.29 is 0 Å². The fourth-order valence-electron chi connectivity index (χ4n) is 9.13. The van der Waals surface area contributed by atoms with E-state index in [0.29, 0.717) is 0 Å². The number of nitrogens with zero attached hydrogens (tertiary/aromatic N) is 3. The maximum absolute atomic E-state index is 4.60. The Balaban J connectivity index is 1.06. The van der Waals surface area contributed by atoms with Gasteiger partial charge in [0.1, 0.15) is 0 Å². The lowest BCUT2D eigenvalue weighted by atomic mass is 9.73. The van der Waals surface area contributed by atoms with Crippen LogP contribution in [0.25, 0.3) is 33.5 Å². The first kappa shape index (κ1) is 33.8. The molecule has 0 bridgehead atoms. The summed E-state index contributed by atoms with van der Waals surface area (Å²) < 4.78 is 0. The van der Waals surface area contributed by atoms with Gasteiger partial charge in [-0.2, -0.15) is 0 Å². The van der Waals surface area contributed by atoms with E-state index in [-0.39, 0.29) is 10.8 Å². The Hall–Kier alpha value is -6.71. The van der Waals surface area contributed by atoms with Crippen molar-refractivity contribution in [1.29, 1.82) is 0 Å². The van der Waals surface area contributed by atoms with E-state index in [1.165, 1.54) is 61.6 Å². The molecule has 0 N–H and O–H groups in total. The summed E-state index contributed by atoms with van der Waals surface area (Å²) in [6.45, 7) is 9.40. The molecule has 7 aromatic carbocycles. The fraction of sp³-hybridized carbons (Fsp3) is 0.113. The summed E-state index contributed by atoms with van der Waals surface area (Å²) in [5, 5.41) is 0. The number of anilines is 6. The van der Waals surface area contributed by atoms with Crippen LogP contribution in [-0.4, -0.2) is 4.98 Å². The molecule has 0 amide bonds. The molecule has 56 heavy (non-hydrogen) atoms. The lowest BCUT2D eigenvalue weighted by Gasteiger charge is -2.42. The van der Waals surface area contributed by atoms with Gasteiger partial charge in [0.25, 0.3) is 0 Å². The molecule has 2 heterocycles. The molecule has 10 rings (SSSR count). The third kappa shape index (κ3) is 5.38. The molecule has 1 aliphatic carbocycles. The van der Waals surface area contributed by atoms with E-state index in [4.69, 9.17) is 0 Å². The van der Waals surface area contributed by atoms with Crippen LogP contribution >= 0.6 is 0 Å². The van der Waals surface area contributed by atoms with Crippen LogP contribution < -0.4 is 9.80 Å². The lowest BCUT2D eigenvalue weighted by Crippen LogP contribution is -2.30. The molecule has 0 fully saturated rings. The molecule has 0 saturated heterocycles. The van der Waals surface area contributed by atoms with Gasteiger partial charge in [0.05, 0.1) is 17.1 Å². The van der Waals surface area contributed by atoms with Crippen LogP contribution in [0, 0.1) is 0 Å². The predicted octanol–water partition coefficient (Wildman–Crippen LogP) is 14.3. The molecule has 3 heteroatoms. The minimum absolute atomic E-state index is 0.100. The summed E-state index contributed by atoms with van der Waals surface area (Å²) in [7, 11) is 0. The summed E-state index contributed by atoms with van der Waals surface area (Å²) in [6.07, 6.45) is 1.85. The van der Waals surface area contributed by atoms with E-state index in [0.717, 1.165) is 28.3 Å². The van der Waals surface area contributed by atoms with E-state index in [2.05, 4.69) is 212 Å². The number of aromatic nitrogens is 1. The van der Waals surface area contributed by atoms with Crippen LogP contribution in [0.3, 0.4) is 0 Å². The average Bonchev–Trinajstić information content (AvgIpc) is 3.47. The summed E-state index contributed by atoms with van der Waals surface area (Å²) in [6, 6.07) is 66.3. The predicted molar refractivity (Wildman–Crippen MR) is 234 cm³/mol. The smallest absolute Gasteiger partial charge is 0.0701 e. The first-order valence-corrected chi connectivity index (χ1v) is 19.5. The third-order valence-corrected chi connectivity index (χ3v) is 12.1. The van der Waals surface area contributed by atoms with Crippen molar-refractivity contribution in [2.24, 2.45) is 0 Å². The SMILES string of the molecule is CC1(C)c2ccccc2-c2ccc(N(c3ccc(-c4ccc5c(c4)C(C)(C)c4ccccc4N5c4ccccc4)cc3)c3ccc(-c4ccccn4)cc3)cc21. The second kappa shape index (κ2) is 13.0. The van der Waals surface area contributed by atoms with Gasteiger partial charge in [0.2, 0.25) is 0 Å². The van der Waals surface area contributed by atoms with Crippen LogP contribution in [-0.2, 0) is 10.8 Å². The second-order valence-electron chi connectivity index (χ2n) is 16.1. The first-order chi connectivity index (χ1) is 27.3.